The smallest absolute Gasteiger partial charge is 0.332 e. The summed E-state index contributed by atoms with van der Waals surface area (Å²) in [5, 5.41) is 16.7. The summed E-state index contributed by atoms with van der Waals surface area (Å²) in [4.78, 5) is 21.9. The number of carboxylic acids is 1. The fourth-order valence-electron chi connectivity index (χ4n) is 0.633. The third-order valence-corrected chi connectivity index (χ3v) is 1.13. The first kappa shape index (κ1) is 9.88. The maximum atomic E-state index is 10.1. The van der Waals surface area contributed by atoms with Crippen LogP contribution in [0.2, 0.25) is 0 Å². The zero-order chi connectivity index (χ0) is 10.4. The molecule has 2 N–H and O–H groups in total. The van der Waals surface area contributed by atoms with Crippen LogP contribution in [-0.4, -0.2) is 27.7 Å². The van der Waals surface area contributed by atoms with Crippen LogP contribution in [0.4, 0.5) is 5.95 Å². The Labute approximate surface area is 78.9 Å². The topological polar surface area (TPSA) is 108 Å². The lowest BCUT2D eigenvalue weighted by Crippen LogP contribution is -2.12. The van der Waals surface area contributed by atoms with Crippen LogP contribution in [0.1, 0.15) is 5.69 Å². The molecule has 0 radical (unpaired) electrons. The number of rotatable bonds is 4. The summed E-state index contributed by atoms with van der Waals surface area (Å²) in [6.45, 7) is -0.514. The molecule has 14 heavy (non-hydrogen) atoms. The molecule has 0 saturated heterocycles. The third kappa shape index (κ3) is 3.04. The number of nitriles is 1. The van der Waals surface area contributed by atoms with E-state index in [1.807, 2.05) is 0 Å². The highest BCUT2D eigenvalue weighted by Gasteiger charge is 1.99. The van der Waals surface area contributed by atoms with Crippen molar-refractivity contribution in [1.29, 1.82) is 5.26 Å². The predicted molar refractivity (Wildman–Crippen MR) is 44.0 cm³/mol. The van der Waals surface area contributed by atoms with Gasteiger partial charge in [0.15, 0.2) is 6.61 Å². The maximum Gasteiger partial charge on any atom is 0.332 e. The van der Waals surface area contributed by atoms with Crippen LogP contribution in [-0.2, 0) is 9.63 Å². The van der Waals surface area contributed by atoms with Gasteiger partial charge in [-0.15, -0.1) is 0 Å². The molecule has 0 amide bonds. The lowest BCUT2D eigenvalue weighted by atomic mass is 10.4. The predicted octanol–water partition coefficient (Wildman–Crippen LogP) is -0.224. The first-order chi connectivity index (χ1) is 6.72. The van der Waals surface area contributed by atoms with Crippen molar-refractivity contribution in [1.82, 2.24) is 9.97 Å². The van der Waals surface area contributed by atoms with Gasteiger partial charge in [0.25, 0.3) is 0 Å². The quantitative estimate of drug-likeness (QED) is 0.637. The molecule has 0 atom stereocenters. The summed E-state index contributed by atoms with van der Waals surface area (Å²) in [5.41, 5.74) is 2.36. The Kier molecular flexibility index (Phi) is 3.34. The molecule has 1 aromatic heterocycles. The van der Waals surface area contributed by atoms with Crippen LogP contribution in [0.5, 0.6) is 0 Å². The molecule has 0 bridgehead atoms. The number of carboxylic acid groups (broad SMARTS) is 1. The van der Waals surface area contributed by atoms with Gasteiger partial charge in [0.05, 0.1) is 0 Å². The van der Waals surface area contributed by atoms with Crippen LogP contribution in [0.15, 0.2) is 12.3 Å². The highest BCUT2D eigenvalue weighted by Crippen LogP contribution is 1.98. The highest BCUT2D eigenvalue weighted by atomic mass is 16.7. The first-order valence-corrected chi connectivity index (χ1v) is 3.55. The molecule has 0 aromatic carbocycles. The van der Waals surface area contributed by atoms with Gasteiger partial charge < -0.3 is 5.11 Å². The standard InChI is InChI=1S/C7H6N4O3/c8-3-5-1-2-9-7(10-5)11-14-4-6(12)13/h1-2H,4H2,(H,12,13)(H,9,10,11). The molecular weight excluding hydrogens is 188 g/mol. The van der Waals surface area contributed by atoms with Gasteiger partial charge in [-0.25, -0.2) is 20.2 Å². The number of hydrogen-bond donors (Lipinski definition) is 2. The molecule has 0 spiro atoms. The summed E-state index contributed by atoms with van der Waals surface area (Å²) in [7, 11) is 0. The second kappa shape index (κ2) is 4.74. The van der Waals surface area contributed by atoms with Crippen molar-refractivity contribution in [2.45, 2.75) is 0 Å². The largest absolute Gasteiger partial charge is 0.479 e. The van der Waals surface area contributed by atoms with Gasteiger partial charge in [0.2, 0.25) is 5.95 Å². The molecule has 0 unspecified atom stereocenters. The zero-order valence-corrected chi connectivity index (χ0v) is 6.97. The number of anilines is 1. The molecule has 1 rings (SSSR count). The number of nitrogens with one attached hydrogen (secondary N) is 1. The van der Waals surface area contributed by atoms with Gasteiger partial charge in [-0.05, 0) is 6.07 Å². The molecule has 0 aliphatic heterocycles. The van der Waals surface area contributed by atoms with Crippen molar-refractivity contribution in [2.75, 3.05) is 12.1 Å². The molecule has 1 aromatic rings. The SMILES string of the molecule is N#Cc1ccnc(NOCC(=O)O)n1. The van der Waals surface area contributed by atoms with Gasteiger partial charge in [0.1, 0.15) is 11.8 Å². The molecular formula is C7H6N4O3. The van der Waals surface area contributed by atoms with E-state index >= 15 is 0 Å². The van der Waals surface area contributed by atoms with Crippen molar-refractivity contribution < 1.29 is 14.7 Å². The third-order valence-electron chi connectivity index (χ3n) is 1.13. The van der Waals surface area contributed by atoms with Crippen LogP contribution in [0, 0.1) is 11.3 Å². The number of aliphatic carboxylic acids is 1. The lowest BCUT2D eigenvalue weighted by Gasteiger charge is -2.01. The number of hydrogen-bond acceptors (Lipinski definition) is 6. The van der Waals surface area contributed by atoms with Crippen molar-refractivity contribution in [3.8, 4) is 6.07 Å². The number of aromatic nitrogens is 2. The van der Waals surface area contributed by atoms with E-state index in [1.165, 1.54) is 12.3 Å². The Balaban J connectivity index is 2.51. The first-order valence-electron chi connectivity index (χ1n) is 3.55. The molecule has 72 valence electrons. The summed E-state index contributed by atoms with van der Waals surface area (Å²) < 4.78 is 0. The van der Waals surface area contributed by atoms with Crippen molar-refractivity contribution in [3.05, 3.63) is 18.0 Å². The fourth-order valence-corrected chi connectivity index (χ4v) is 0.633. The minimum atomic E-state index is -1.12. The molecule has 0 saturated carbocycles. The Hall–Kier alpha value is -2.20. The van der Waals surface area contributed by atoms with Crippen molar-refractivity contribution >= 4 is 11.9 Å². The highest BCUT2D eigenvalue weighted by molar-refractivity contribution is 5.68. The van der Waals surface area contributed by atoms with Gasteiger partial charge in [0, 0.05) is 6.20 Å². The molecule has 1 heterocycles. The average Bonchev–Trinajstić information content (AvgIpc) is 2.18. The van der Waals surface area contributed by atoms with E-state index < -0.39 is 12.6 Å². The Morgan fingerprint density at radius 1 is 1.79 bits per heavy atom. The normalized spacial score (nSPS) is 9.07. The summed E-state index contributed by atoms with van der Waals surface area (Å²) >= 11 is 0. The number of carbonyl (C=O) groups is 1. The minimum absolute atomic E-state index is 0.0466. The Morgan fingerprint density at radius 2 is 2.57 bits per heavy atom. The van der Waals surface area contributed by atoms with Crippen LogP contribution in [0.25, 0.3) is 0 Å². The Morgan fingerprint density at radius 3 is 3.21 bits per heavy atom. The molecule has 0 aliphatic rings. The Bertz CT molecular complexity index is 373. The zero-order valence-electron chi connectivity index (χ0n) is 6.97. The molecule has 7 nitrogen and oxygen atoms in total. The fraction of sp³-hybridized carbons (Fsp3) is 0.143. The molecule has 7 heteroatoms. The second-order valence-corrected chi connectivity index (χ2v) is 2.16. The lowest BCUT2D eigenvalue weighted by molar-refractivity contribution is -0.141. The van der Waals surface area contributed by atoms with E-state index in [-0.39, 0.29) is 11.6 Å². The van der Waals surface area contributed by atoms with Crippen LogP contribution < -0.4 is 5.48 Å². The monoisotopic (exact) mass is 194 g/mol. The van der Waals surface area contributed by atoms with Crippen molar-refractivity contribution in [3.63, 3.8) is 0 Å². The van der Waals surface area contributed by atoms with E-state index in [0.717, 1.165) is 0 Å². The average molecular weight is 194 g/mol. The second-order valence-electron chi connectivity index (χ2n) is 2.16. The van der Waals surface area contributed by atoms with Gasteiger partial charge >= 0.3 is 5.97 Å². The van der Waals surface area contributed by atoms with E-state index in [1.54, 1.807) is 6.07 Å². The van der Waals surface area contributed by atoms with E-state index in [9.17, 15) is 4.79 Å². The van der Waals surface area contributed by atoms with Gasteiger partial charge in [-0.3, -0.25) is 4.84 Å². The summed E-state index contributed by atoms with van der Waals surface area (Å²) in [6, 6.07) is 3.22. The van der Waals surface area contributed by atoms with Crippen LogP contribution in [0.3, 0.4) is 0 Å². The molecule has 0 aliphatic carbocycles. The van der Waals surface area contributed by atoms with Crippen molar-refractivity contribution in [2.24, 2.45) is 0 Å². The molecule has 0 fully saturated rings. The maximum absolute atomic E-state index is 10.1. The summed E-state index contributed by atoms with van der Waals surface area (Å²) in [5.74, 6) is -1.07. The van der Waals surface area contributed by atoms with E-state index in [2.05, 4.69) is 20.3 Å². The minimum Gasteiger partial charge on any atom is -0.479 e. The van der Waals surface area contributed by atoms with E-state index in [4.69, 9.17) is 10.4 Å². The summed E-state index contributed by atoms with van der Waals surface area (Å²) in [6.07, 6.45) is 1.36. The van der Waals surface area contributed by atoms with Gasteiger partial charge in [-0.2, -0.15) is 5.26 Å². The van der Waals surface area contributed by atoms with E-state index in [0.29, 0.717) is 0 Å². The van der Waals surface area contributed by atoms with Crippen LogP contribution >= 0.6 is 0 Å². The number of nitrogens with zero attached hydrogens (tertiary/aromatic N) is 3. The van der Waals surface area contributed by atoms with Gasteiger partial charge in [-0.1, -0.05) is 0 Å².